The molecular weight excluding hydrogens is 424 g/mol. The van der Waals surface area contributed by atoms with Gasteiger partial charge < -0.3 is 9.84 Å². The summed E-state index contributed by atoms with van der Waals surface area (Å²) in [6, 6.07) is 18.6. The molecule has 3 aromatic carbocycles. The van der Waals surface area contributed by atoms with Crippen molar-refractivity contribution in [1.82, 2.24) is 4.98 Å². The zero-order valence-electron chi connectivity index (χ0n) is 17.5. The molecule has 1 unspecified atom stereocenters. The fourth-order valence-corrected chi connectivity index (χ4v) is 5.13. The lowest BCUT2D eigenvalue weighted by atomic mass is 9.97. The third-order valence-corrected chi connectivity index (χ3v) is 6.55. The van der Waals surface area contributed by atoms with Crippen molar-refractivity contribution in [1.29, 1.82) is 0 Å². The van der Waals surface area contributed by atoms with Crippen LogP contribution >= 0.6 is 11.3 Å². The number of nitrogens with zero attached hydrogens (tertiary/aromatic N) is 2. The van der Waals surface area contributed by atoms with Gasteiger partial charge in [-0.05, 0) is 53.9 Å². The van der Waals surface area contributed by atoms with E-state index < -0.39 is 23.7 Å². The van der Waals surface area contributed by atoms with Crippen molar-refractivity contribution in [3.8, 4) is 0 Å². The molecule has 5 rings (SSSR count). The van der Waals surface area contributed by atoms with Gasteiger partial charge in [0, 0.05) is 0 Å². The lowest BCUT2D eigenvalue weighted by Gasteiger charge is -2.24. The summed E-state index contributed by atoms with van der Waals surface area (Å²) in [6.07, 6.45) is 0. The number of fused-ring (bicyclic) bond motifs is 2. The van der Waals surface area contributed by atoms with Crippen LogP contribution in [0.5, 0.6) is 0 Å². The highest BCUT2D eigenvalue weighted by Gasteiger charge is 2.46. The lowest BCUT2D eigenvalue weighted by Crippen LogP contribution is -2.31. The summed E-state index contributed by atoms with van der Waals surface area (Å²) in [5.74, 6) is -1.98. The number of aryl methyl sites for hydroxylation is 1. The number of ether oxygens (including phenoxy) is 1. The number of aliphatic hydroxyl groups is 1. The molecule has 0 spiro atoms. The Hall–Kier alpha value is -3.71. The van der Waals surface area contributed by atoms with Crippen LogP contribution in [0.1, 0.15) is 24.1 Å². The molecule has 0 saturated heterocycles. The molecule has 0 fully saturated rings. The highest BCUT2D eigenvalue weighted by Crippen LogP contribution is 2.44. The van der Waals surface area contributed by atoms with E-state index in [4.69, 9.17) is 4.74 Å². The van der Waals surface area contributed by atoms with Crippen LogP contribution in [0, 0.1) is 6.92 Å². The second-order valence-corrected chi connectivity index (χ2v) is 8.64. The van der Waals surface area contributed by atoms with Gasteiger partial charge in [-0.15, -0.1) is 0 Å². The van der Waals surface area contributed by atoms with Gasteiger partial charge in [-0.25, -0.2) is 9.78 Å². The molecule has 1 atom stereocenters. The number of thiazole rings is 1. The highest BCUT2D eigenvalue weighted by molar-refractivity contribution is 7.22. The minimum absolute atomic E-state index is 0.0671. The second-order valence-electron chi connectivity index (χ2n) is 7.63. The van der Waals surface area contributed by atoms with E-state index in [0.29, 0.717) is 10.7 Å². The third-order valence-electron chi connectivity index (χ3n) is 5.53. The summed E-state index contributed by atoms with van der Waals surface area (Å²) in [4.78, 5) is 32.0. The first-order chi connectivity index (χ1) is 15.5. The van der Waals surface area contributed by atoms with E-state index >= 15 is 0 Å². The van der Waals surface area contributed by atoms with E-state index in [1.807, 2.05) is 67.6 Å². The van der Waals surface area contributed by atoms with Crippen molar-refractivity contribution in [2.75, 3.05) is 11.5 Å². The molecule has 1 amide bonds. The van der Waals surface area contributed by atoms with Gasteiger partial charge in [0.05, 0.1) is 16.8 Å². The Morgan fingerprint density at radius 3 is 2.69 bits per heavy atom. The number of anilines is 1. The largest absolute Gasteiger partial charge is 0.503 e. The van der Waals surface area contributed by atoms with Crippen molar-refractivity contribution in [3.63, 3.8) is 0 Å². The molecule has 160 valence electrons. The van der Waals surface area contributed by atoms with E-state index in [1.165, 1.54) is 16.2 Å². The number of aliphatic hydroxyl groups excluding tert-OH is 1. The first kappa shape index (κ1) is 20.2. The average Bonchev–Trinajstić information content (AvgIpc) is 3.31. The summed E-state index contributed by atoms with van der Waals surface area (Å²) in [5.41, 5.74) is 2.46. The van der Waals surface area contributed by atoms with Crippen molar-refractivity contribution in [2.24, 2.45) is 0 Å². The number of amides is 1. The predicted molar refractivity (Wildman–Crippen MR) is 125 cm³/mol. The number of esters is 1. The molecule has 4 aromatic rings. The van der Waals surface area contributed by atoms with Gasteiger partial charge in [-0.2, -0.15) is 0 Å². The molecule has 0 radical (unpaired) electrons. The van der Waals surface area contributed by atoms with E-state index in [0.717, 1.165) is 26.6 Å². The zero-order chi connectivity index (χ0) is 22.4. The molecule has 7 heteroatoms. The summed E-state index contributed by atoms with van der Waals surface area (Å²) in [5, 5.41) is 13.1. The number of hydrogen-bond donors (Lipinski definition) is 1. The fraction of sp³-hybridized carbons (Fsp3) is 0.160. The predicted octanol–water partition coefficient (Wildman–Crippen LogP) is 5.22. The Morgan fingerprint density at radius 2 is 1.91 bits per heavy atom. The average molecular weight is 445 g/mol. The number of carbonyl (C=O) groups is 2. The van der Waals surface area contributed by atoms with Crippen LogP contribution in [0.4, 0.5) is 5.13 Å². The quantitative estimate of drug-likeness (QED) is 0.437. The molecule has 1 N–H and O–H groups in total. The number of rotatable bonds is 4. The smallest absolute Gasteiger partial charge is 0.340 e. The summed E-state index contributed by atoms with van der Waals surface area (Å²) < 4.78 is 6.12. The number of hydrogen-bond acceptors (Lipinski definition) is 6. The molecule has 0 saturated carbocycles. The summed E-state index contributed by atoms with van der Waals surface area (Å²) in [6.45, 7) is 3.81. The Kier molecular flexibility index (Phi) is 4.90. The van der Waals surface area contributed by atoms with Crippen LogP contribution in [0.3, 0.4) is 0 Å². The van der Waals surface area contributed by atoms with Crippen molar-refractivity contribution in [3.05, 3.63) is 83.1 Å². The SMILES string of the molecule is CCOC(=O)C1=C(O)C(=O)N(c2nc3ccc(C)cc3s2)C1c1ccc2ccccc2c1. The number of carbonyl (C=O) groups excluding carboxylic acids is 2. The standard InChI is InChI=1S/C25H20N2O4S/c1-3-31-24(30)20-21(17-10-9-15-6-4-5-7-16(15)13-17)27(23(29)22(20)28)25-26-18-11-8-14(2)12-19(18)32-25/h4-13,21,28H,3H2,1-2H3. The Labute approximate surface area is 188 Å². The van der Waals surface area contributed by atoms with E-state index in [9.17, 15) is 14.7 Å². The molecule has 6 nitrogen and oxygen atoms in total. The van der Waals surface area contributed by atoms with Gasteiger partial charge in [0.1, 0.15) is 11.6 Å². The Bertz CT molecular complexity index is 1420. The van der Waals surface area contributed by atoms with Gasteiger partial charge in [0.2, 0.25) is 0 Å². The molecule has 0 bridgehead atoms. The molecule has 1 aromatic heterocycles. The normalized spacial score (nSPS) is 16.4. The maximum atomic E-state index is 13.2. The van der Waals surface area contributed by atoms with Gasteiger partial charge in [0.15, 0.2) is 10.9 Å². The fourth-order valence-electron chi connectivity index (χ4n) is 4.04. The zero-order valence-corrected chi connectivity index (χ0v) is 18.3. The Morgan fingerprint density at radius 1 is 1.12 bits per heavy atom. The van der Waals surface area contributed by atoms with E-state index in [2.05, 4.69) is 4.98 Å². The Balaban J connectivity index is 1.70. The maximum absolute atomic E-state index is 13.2. The number of aromatic nitrogens is 1. The molecule has 2 heterocycles. The van der Waals surface area contributed by atoms with Crippen LogP contribution in [0.25, 0.3) is 21.0 Å². The monoisotopic (exact) mass is 444 g/mol. The minimum atomic E-state index is -0.840. The summed E-state index contributed by atoms with van der Waals surface area (Å²) >= 11 is 1.35. The van der Waals surface area contributed by atoms with Crippen LogP contribution in [-0.2, 0) is 14.3 Å². The number of benzene rings is 3. The second kappa shape index (κ2) is 7.76. The molecule has 1 aliphatic heterocycles. The van der Waals surface area contributed by atoms with Gasteiger partial charge in [-0.1, -0.05) is 53.8 Å². The van der Waals surface area contributed by atoms with Crippen LogP contribution < -0.4 is 4.90 Å². The topological polar surface area (TPSA) is 79.7 Å². The molecular formula is C25H20N2O4S. The van der Waals surface area contributed by atoms with Crippen LogP contribution in [0.15, 0.2) is 72.0 Å². The summed E-state index contributed by atoms with van der Waals surface area (Å²) in [7, 11) is 0. The van der Waals surface area contributed by atoms with E-state index in [1.54, 1.807) is 6.92 Å². The lowest BCUT2D eigenvalue weighted by molar-refractivity contribution is -0.139. The van der Waals surface area contributed by atoms with Crippen molar-refractivity contribution in [2.45, 2.75) is 19.9 Å². The molecule has 32 heavy (non-hydrogen) atoms. The van der Waals surface area contributed by atoms with Crippen molar-refractivity contribution < 1.29 is 19.4 Å². The van der Waals surface area contributed by atoms with Crippen molar-refractivity contribution >= 4 is 49.3 Å². The highest BCUT2D eigenvalue weighted by atomic mass is 32.1. The van der Waals surface area contributed by atoms with Gasteiger partial charge >= 0.3 is 5.97 Å². The van der Waals surface area contributed by atoms with Gasteiger partial charge in [0.25, 0.3) is 5.91 Å². The van der Waals surface area contributed by atoms with E-state index in [-0.39, 0.29) is 12.2 Å². The van der Waals surface area contributed by atoms with Crippen LogP contribution in [0.2, 0.25) is 0 Å². The third kappa shape index (κ3) is 3.22. The molecule has 0 aliphatic carbocycles. The van der Waals surface area contributed by atoms with Gasteiger partial charge in [-0.3, -0.25) is 9.69 Å². The maximum Gasteiger partial charge on any atom is 0.340 e. The first-order valence-electron chi connectivity index (χ1n) is 10.3. The molecule has 1 aliphatic rings. The minimum Gasteiger partial charge on any atom is -0.503 e. The first-order valence-corrected chi connectivity index (χ1v) is 11.1. The van der Waals surface area contributed by atoms with Crippen LogP contribution in [-0.4, -0.2) is 28.6 Å².